The lowest BCUT2D eigenvalue weighted by Gasteiger charge is -2.30. The Labute approximate surface area is 226 Å². The van der Waals surface area contributed by atoms with Gasteiger partial charge in [-0.15, -0.1) is 0 Å². The predicted molar refractivity (Wildman–Crippen MR) is 142 cm³/mol. The maximum absolute atomic E-state index is 15.3. The van der Waals surface area contributed by atoms with E-state index in [0.29, 0.717) is 24.5 Å². The lowest BCUT2D eigenvalue weighted by molar-refractivity contribution is -0.387. The molecule has 1 aliphatic rings. The molecule has 0 aliphatic carbocycles. The van der Waals surface area contributed by atoms with Gasteiger partial charge in [-0.1, -0.05) is 24.3 Å². The van der Waals surface area contributed by atoms with E-state index in [1.807, 2.05) is 36.2 Å². The van der Waals surface area contributed by atoms with Crippen molar-refractivity contribution in [3.63, 3.8) is 0 Å². The molecule has 2 aromatic rings. The monoisotopic (exact) mass is 541 g/mol. The Morgan fingerprint density at radius 2 is 1.67 bits per heavy atom. The van der Waals surface area contributed by atoms with Gasteiger partial charge in [-0.25, -0.2) is 9.59 Å². The van der Waals surface area contributed by atoms with Crippen LogP contribution in [0.3, 0.4) is 0 Å². The molecule has 11 heteroatoms. The van der Waals surface area contributed by atoms with Crippen LogP contribution in [0, 0.1) is 15.9 Å². The number of nitro groups is 1. The summed E-state index contributed by atoms with van der Waals surface area (Å²) in [6.45, 7) is 4.35. The second-order valence-electron chi connectivity index (χ2n) is 9.10. The van der Waals surface area contributed by atoms with Crippen molar-refractivity contribution in [3.8, 4) is 5.75 Å². The molecule has 39 heavy (non-hydrogen) atoms. The molecule has 0 saturated heterocycles. The van der Waals surface area contributed by atoms with Crippen molar-refractivity contribution in [1.29, 1.82) is 0 Å². The largest absolute Gasteiger partial charge is 0.497 e. The number of hydrogen-bond acceptors (Lipinski definition) is 9. The molecule has 1 N–H and O–H groups in total. The summed E-state index contributed by atoms with van der Waals surface area (Å²) >= 11 is 0. The molecule has 0 saturated carbocycles. The highest BCUT2D eigenvalue weighted by Crippen LogP contribution is 2.41. The number of nitro benzene ring substituents is 1. The normalized spacial score (nSPS) is 15.2. The number of benzene rings is 2. The third-order valence-electron chi connectivity index (χ3n) is 6.55. The molecule has 0 bridgehead atoms. The second-order valence-corrected chi connectivity index (χ2v) is 9.10. The smallest absolute Gasteiger partial charge is 0.336 e. The average Bonchev–Trinajstić information content (AvgIpc) is 2.91. The van der Waals surface area contributed by atoms with E-state index in [-0.39, 0.29) is 23.3 Å². The van der Waals surface area contributed by atoms with Gasteiger partial charge in [-0.3, -0.25) is 10.1 Å². The number of methoxy groups -OCH3 is 2. The number of allylic oxidation sites excluding steroid dienone is 2. The Hall–Kier alpha value is -4.25. The number of hydrogen-bond donors (Lipinski definition) is 1. The lowest BCUT2D eigenvalue weighted by Crippen LogP contribution is -2.33. The average molecular weight is 542 g/mol. The molecule has 0 spiro atoms. The Balaban J connectivity index is 1.78. The van der Waals surface area contributed by atoms with Crippen molar-refractivity contribution in [2.75, 3.05) is 41.0 Å². The van der Waals surface area contributed by atoms with Crippen LogP contribution in [-0.2, 0) is 25.5 Å². The summed E-state index contributed by atoms with van der Waals surface area (Å²) in [5.41, 5.74) is 0.782. The van der Waals surface area contributed by atoms with Crippen molar-refractivity contribution < 1.29 is 33.1 Å². The van der Waals surface area contributed by atoms with Crippen LogP contribution in [0.1, 0.15) is 30.9 Å². The van der Waals surface area contributed by atoms with Gasteiger partial charge < -0.3 is 24.4 Å². The zero-order chi connectivity index (χ0) is 28.7. The van der Waals surface area contributed by atoms with Crippen LogP contribution in [-0.4, -0.2) is 62.7 Å². The summed E-state index contributed by atoms with van der Waals surface area (Å²) < 4.78 is 31.0. The number of rotatable bonds is 11. The van der Waals surface area contributed by atoms with Gasteiger partial charge in [0.1, 0.15) is 12.4 Å². The van der Waals surface area contributed by atoms with Gasteiger partial charge in [-0.05, 0) is 45.0 Å². The molecule has 1 aliphatic heterocycles. The van der Waals surface area contributed by atoms with E-state index >= 15 is 4.39 Å². The van der Waals surface area contributed by atoms with Gasteiger partial charge in [0.2, 0.25) is 5.82 Å². The molecule has 1 atom stereocenters. The first-order chi connectivity index (χ1) is 18.6. The standard InChI is InChI=1S/C28H32FN3O7/c1-17-23(27(33)38-5)25(21-7-6-8-22(26(21)29)32(35)36)24(18(2)30-17)28(34)39-16-15-31(3)14-13-19-9-11-20(37-4)12-10-19/h6-12,25,30H,13-16H2,1-5H3. The third kappa shape index (κ3) is 6.80. The fourth-order valence-electron chi connectivity index (χ4n) is 4.45. The minimum Gasteiger partial charge on any atom is -0.497 e. The molecule has 0 fully saturated rings. The number of carbonyl (C=O) groups is 2. The van der Waals surface area contributed by atoms with Crippen LogP contribution in [0.4, 0.5) is 10.1 Å². The van der Waals surface area contributed by atoms with Crippen molar-refractivity contribution in [2.24, 2.45) is 0 Å². The van der Waals surface area contributed by atoms with E-state index in [4.69, 9.17) is 14.2 Å². The second kappa shape index (κ2) is 13.0. The number of nitrogens with zero attached hydrogens (tertiary/aromatic N) is 2. The number of dihydropyridines is 1. The van der Waals surface area contributed by atoms with Crippen LogP contribution in [0.15, 0.2) is 65.0 Å². The van der Waals surface area contributed by atoms with Crippen molar-refractivity contribution >= 4 is 17.6 Å². The van der Waals surface area contributed by atoms with Gasteiger partial charge in [0.15, 0.2) is 0 Å². The van der Waals surface area contributed by atoms with Crippen molar-refractivity contribution in [2.45, 2.75) is 26.2 Å². The SMILES string of the molecule is COC(=O)C1=C(C)NC(C)=C(C(=O)OCCN(C)CCc2ccc(OC)cc2)C1c1cccc([N+](=O)[O-])c1F. The number of esters is 2. The number of halogens is 1. The highest BCUT2D eigenvalue weighted by Gasteiger charge is 2.40. The Bertz CT molecular complexity index is 1300. The van der Waals surface area contributed by atoms with Crippen LogP contribution >= 0.6 is 0 Å². The molecule has 0 aromatic heterocycles. The first kappa shape index (κ1) is 29.3. The predicted octanol–water partition coefficient (Wildman–Crippen LogP) is 3.87. The Kier molecular flexibility index (Phi) is 9.78. The van der Waals surface area contributed by atoms with Crippen LogP contribution in [0.2, 0.25) is 0 Å². The van der Waals surface area contributed by atoms with Crippen LogP contribution < -0.4 is 10.1 Å². The van der Waals surface area contributed by atoms with Gasteiger partial charge in [0, 0.05) is 36.1 Å². The number of likely N-dealkylation sites (N-methyl/N-ethyl adjacent to an activating group) is 1. The van der Waals surface area contributed by atoms with Crippen LogP contribution in [0.5, 0.6) is 5.75 Å². The molecule has 2 aromatic carbocycles. The molecule has 3 rings (SSSR count). The van der Waals surface area contributed by atoms with E-state index in [0.717, 1.165) is 30.9 Å². The van der Waals surface area contributed by atoms with Gasteiger partial charge >= 0.3 is 17.6 Å². The summed E-state index contributed by atoms with van der Waals surface area (Å²) in [4.78, 5) is 38.6. The summed E-state index contributed by atoms with van der Waals surface area (Å²) in [5.74, 6) is -3.19. The number of carbonyl (C=O) groups excluding carboxylic acids is 2. The molecule has 208 valence electrons. The fraction of sp³-hybridized carbons (Fsp3) is 0.357. The molecule has 1 heterocycles. The molecular weight excluding hydrogens is 509 g/mol. The topological polar surface area (TPSA) is 120 Å². The first-order valence-electron chi connectivity index (χ1n) is 12.3. The van der Waals surface area contributed by atoms with E-state index < -0.39 is 34.3 Å². The summed E-state index contributed by atoms with van der Waals surface area (Å²) in [6.07, 6.45) is 0.781. The zero-order valence-corrected chi connectivity index (χ0v) is 22.6. The van der Waals surface area contributed by atoms with Gasteiger partial charge in [-0.2, -0.15) is 4.39 Å². The number of ether oxygens (including phenoxy) is 3. The molecule has 1 unspecified atom stereocenters. The summed E-state index contributed by atoms with van der Waals surface area (Å²) in [6, 6.07) is 11.4. The van der Waals surface area contributed by atoms with E-state index in [9.17, 15) is 19.7 Å². The van der Waals surface area contributed by atoms with Crippen LogP contribution in [0.25, 0.3) is 0 Å². The molecule has 0 amide bonds. The third-order valence-corrected chi connectivity index (χ3v) is 6.55. The number of nitrogens with one attached hydrogen (secondary N) is 1. The minimum atomic E-state index is -1.26. The van der Waals surface area contributed by atoms with Gasteiger partial charge in [0.05, 0.1) is 36.2 Å². The van der Waals surface area contributed by atoms with E-state index in [1.54, 1.807) is 21.0 Å². The molecular formula is C28H32FN3O7. The van der Waals surface area contributed by atoms with Crippen molar-refractivity contribution in [3.05, 3.63) is 92.1 Å². The Morgan fingerprint density at radius 1 is 1.03 bits per heavy atom. The maximum atomic E-state index is 15.3. The highest BCUT2D eigenvalue weighted by atomic mass is 19.1. The van der Waals surface area contributed by atoms with E-state index in [1.165, 1.54) is 12.1 Å². The zero-order valence-electron chi connectivity index (χ0n) is 22.6. The summed E-state index contributed by atoms with van der Waals surface area (Å²) in [7, 11) is 4.67. The highest BCUT2D eigenvalue weighted by molar-refractivity contribution is 6.00. The molecule has 0 radical (unpaired) electrons. The Morgan fingerprint density at radius 3 is 2.26 bits per heavy atom. The first-order valence-corrected chi connectivity index (χ1v) is 12.3. The maximum Gasteiger partial charge on any atom is 0.336 e. The van der Waals surface area contributed by atoms with E-state index in [2.05, 4.69) is 5.32 Å². The lowest BCUT2D eigenvalue weighted by atomic mass is 9.80. The quantitative estimate of drug-likeness (QED) is 0.257. The summed E-state index contributed by atoms with van der Waals surface area (Å²) in [5, 5.41) is 14.3. The fourth-order valence-corrected chi connectivity index (χ4v) is 4.45. The van der Waals surface area contributed by atoms with Gasteiger partial charge in [0.25, 0.3) is 0 Å². The minimum absolute atomic E-state index is 0.0266. The molecule has 10 nitrogen and oxygen atoms in total. The van der Waals surface area contributed by atoms with Crippen molar-refractivity contribution in [1.82, 2.24) is 10.2 Å².